The summed E-state index contributed by atoms with van der Waals surface area (Å²) in [6.07, 6.45) is 3.47. The number of rotatable bonds is 5. The Morgan fingerprint density at radius 2 is 2.06 bits per heavy atom. The lowest BCUT2D eigenvalue weighted by Gasteiger charge is -2.01. The monoisotopic (exact) mass is 245 g/mol. The van der Waals surface area contributed by atoms with Crippen LogP contribution in [0.25, 0.3) is 0 Å². The molecule has 88 valence electrons. The fraction of sp³-hybridized carbons (Fsp3) is 0.286. The molecule has 1 heterocycles. The van der Waals surface area contributed by atoms with Gasteiger partial charge in [0.15, 0.2) is 0 Å². The second-order valence-corrected chi connectivity index (χ2v) is 4.72. The molecule has 0 spiro atoms. The van der Waals surface area contributed by atoms with E-state index in [-0.39, 0.29) is 5.78 Å². The second kappa shape index (κ2) is 5.73. The van der Waals surface area contributed by atoms with Crippen LogP contribution < -0.4 is 0 Å². The largest absolute Gasteiger partial charge is 0.287 e. The van der Waals surface area contributed by atoms with Crippen LogP contribution in [-0.2, 0) is 6.42 Å². The quantitative estimate of drug-likeness (QED) is 0.751. The molecular formula is C14H15NOS. The smallest absolute Gasteiger partial charge is 0.212 e. The van der Waals surface area contributed by atoms with E-state index in [1.165, 1.54) is 29.7 Å². The van der Waals surface area contributed by atoms with Crippen molar-refractivity contribution in [3.8, 4) is 0 Å². The number of nitrogens with zero attached hydrogens (tertiary/aromatic N) is 1. The van der Waals surface area contributed by atoms with Crippen LogP contribution in [0.1, 0.15) is 41.4 Å². The zero-order valence-electron chi connectivity index (χ0n) is 9.85. The summed E-state index contributed by atoms with van der Waals surface area (Å²) in [6, 6.07) is 7.86. The number of hydrogen-bond donors (Lipinski definition) is 0. The normalized spacial score (nSPS) is 10.4. The first-order valence-electron chi connectivity index (χ1n) is 5.83. The highest BCUT2D eigenvalue weighted by molar-refractivity contribution is 7.07. The van der Waals surface area contributed by atoms with Crippen molar-refractivity contribution in [2.45, 2.75) is 26.2 Å². The number of hydrogen-bond acceptors (Lipinski definition) is 3. The molecule has 0 radical (unpaired) electrons. The molecule has 2 rings (SSSR count). The molecule has 2 nitrogen and oxygen atoms in total. The number of benzene rings is 1. The van der Waals surface area contributed by atoms with E-state index in [4.69, 9.17) is 0 Å². The number of unbranched alkanes of at least 4 members (excludes halogenated alkanes) is 1. The van der Waals surface area contributed by atoms with Crippen LogP contribution in [0, 0.1) is 0 Å². The van der Waals surface area contributed by atoms with Crippen LogP contribution in [0.4, 0.5) is 0 Å². The van der Waals surface area contributed by atoms with Crippen molar-refractivity contribution in [1.82, 2.24) is 4.98 Å². The zero-order chi connectivity index (χ0) is 12.1. The van der Waals surface area contributed by atoms with Crippen LogP contribution in [0.5, 0.6) is 0 Å². The maximum absolute atomic E-state index is 12.0. The topological polar surface area (TPSA) is 30.0 Å². The summed E-state index contributed by atoms with van der Waals surface area (Å²) in [5.74, 6) is 0.00768. The van der Waals surface area contributed by atoms with Crippen LogP contribution >= 0.6 is 11.3 Å². The average Bonchev–Trinajstić information content (AvgIpc) is 2.90. The molecule has 0 saturated carbocycles. The number of carbonyl (C=O) groups excluding carboxylic acids is 1. The lowest BCUT2D eigenvalue weighted by atomic mass is 10.0. The number of ketones is 1. The Balaban J connectivity index is 2.10. The molecule has 0 unspecified atom stereocenters. The first-order chi connectivity index (χ1) is 8.31. The molecule has 0 N–H and O–H groups in total. The molecule has 0 fully saturated rings. The maximum atomic E-state index is 12.0. The lowest BCUT2D eigenvalue weighted by Crippen LogP contribution is -2.01. The third-order valence-corrected chi connectivity index (χ3v) is 3.29. The molecule has 2 aromatic rings. The van der Waals surface area contributed by atoms with Crippen LogP contribution in [0.3, 0.4) is 0 Å². The molecule has 0 aliphatic carbocycles. The molecular weight excluding hydrogens is 230 g/mol. The summed E-state index contributed by atoms with van der Waals surface area (Å²) in [6.45, 7) is 2.18. The fourth-order valence-corrected chi connectivity index (χ4v) is 2.21. The van der Waals surface area contributed by atoms with Gasteiger partial charge in [0, 0.05) is 10.9 Å². The molecule has 0 amide bonds. The molecule has 0 saturated heterocycles. The van der Waals surface area contributed by atoms with Crippen molar-refractivity contribution >= 4 is 17.1 Å². The second-order valence-electron chi connectivity index (χ2n) is 4.00. The van der Waals surface area contributed by atoms with Crippen molar-refractivity contribution in [2.75, 3.05) is 0 Å². The lowest BCUT2D eigenvalue weighted by molar-refractivity contribution is 0.103. The average molecular weight is 245 g/mol. The zero-order valence-corrected chi connectivity index (χ0v) is 10.7. The molecule has 1 aromatic heterocycles. The van der Waals surface area contributed by atoms with Gasteiger partial charge in [-0.3, -0.25) is 4.79 Å². The first kappa shape index (κ1) is 12.0. The highest BCUT2D eigenvalue weighted by atomic mass is 32.1. The Morgan fingerprint density at radius 3 is 2.65 bits per heavy atom. The fourth-order valence-electron chi connectivity index (χ4n) is 1.68. The van der Waals surface area contributed by atoms with E-state index in [9.17, 15) is 4.79 Å². The third-order valence-electron chi connectivity index (χ3n) is 2.70. The summed E-state index contributed by atoms with van der Waals surface area (Å²) in [5.41, 5.74) is 4.23. The number of carbonyl (C=O) groups is 1. The minimum absolute atomic E-state index is 0.00768. The molecule has 0 aliphatic rings. The summed E-state index contributed by atoms with van der Waals surface area (Å²) in [4.78, 5) is 16.0. The predicted molar refractivity (Wildman–Crippen MR) is 70.6 cm³/mol. The third kappa shape index (κ3) is 3.01. The van der Waals surface area contributed by atoms with Crippen LogP contribution in [0.15, 0.2) is 35.2 Å². The van der Waals surface area contributed by atoms with Crippen molar-refractivity contribution in [3.63, 3.8) is 0 Å². The van der Waals surface area contributed by atoms with Crippen molar-refractivity contribution < 1.29 is 4.79 Å². The van der Waals surface area contributed by atoms with Crippen LogP contribution in [0.2, 0.25) is 0 Å². The SMILES string of the molecule is CCCCc1ccc(C(=O)c2cscn2)cc1. The Hall–Kier alpha value is -1.48. The van der Waals surface area contributed by atoms with Gasteiger partial charge in [-0.05, 0) is 18.4 Å². The molecule has 17 heavy (non-hydrogen) atoms. The maximum Gasteiger partial charge on any atom is 0.212 e. The molecule has 0 atom stereocenters. The number of aryl methyl sites for hydroxylation is 1. The van der Waals surface area contributed by atoms with Gasteiger partial charge in [0.2, 0.25) is 5.78 Å². The van der Waals surface area contributed by atoms with Gasteiger partial charge in [0.05, 0.1) is 5.51 Å². The van der Waals surface area contributed by atoms with Gasteiger partial charge in [-0.15, -0.1) is 11.3 Å². The Morgan fingerprint density at radius 1 is 1.29 bits per heavy atom. The molecule has 3 heteroatoms. The van der Waals surface area contributed by atoms with Gasteiger partial charge in [0.1, 0.15) is 5.69 Å². The van der Waals surface area contributed by atoms with E-state index >= 15 is 0 Å². The van der Waals surface area contributed by atoms with Gasteiger partial charge in [-0.25, -0.2) is 4.98 Å². The van der Waals surface area contributed by atoms with E-state index in [1.807, 2.05) is 24.3 Å². The molecule has 1 aromatic carbocycles. The van der Waals surface area contributed by atoms with Gasteiger partial charge >= 0.3 is 0 Å². The van der Waals surface area contributed by atoms with Crippen LogP contribution in [-0.4, -0.2) is 10.8 Å². The number of aromatic nitrogens is 1. The van der Waals surface area contributed by atoms with E-state index in [2.05, 4.69) is 11.9 Å². The minimum atomic E-state index is 0.00768. The van der Waals surface area contributed by atoms with E-state index in [1.54, 1.807) is 10.9 Å². The van der Waals surface area contributed by atoms with E-state index in [0.717, 1.165) is 12.0 Å². The predicted octanol–water partition coefficient (Wildman–Crippen LogP) is 3.72. The standard InChI is InChI=1S/C14H15NOS/c1-2-3-4-11-5-7-12(8-6-11)14(16)13-9-17-10-15-13/h5-10H,2-4H2,1H3. The summed E-state index contributed by atoms with van der Waals surface area (Å²) < 4.78 is 0. The summed E-state index contributed by atoms with van der Waals surface area (Å²) in [7, 11) is 0. The Kier molecular flexibility index (Phi) is 4.04. The molecule has 0 aliphatic heterocycles. The highest BCUT2D eigenvalue weighted by Gasteiger charge is 2.10. The van der Waals surface area contributed by atoms with Gasteiger partial charge in [-0.1, -0.05) is 37.6 Å². The van der Waals surface area contributed by atoms with E-state index in [0.29, 0.717) is 5.69 Å². The summed E-state index contributed by atoms with van der Waals surface area (Å²) >= 11 is 1.44. The van der Waals surface area contributed by atoms with Gasteiger partial charge in [0.25, 0.3) is 0 Å². The Bertz CT molecular complexity index is 473. The van der Waals surface area contributed by atoms with Crippen molar-refractivity contribution in [1.29, 1.82) is 0 Å². The van der Waals surface area contributed by atoms with Crippen molar-refractivity contribution in [2.24, 2.45) is 0 Å². The van der Waals surface area contributed by atoms with E-state index < -0.39 is 0 Å². The van der Waals surface area contributed by atoms with Gasteiger partial charge in [-0.2, -0.15) is 0 Å². The molecule has 0 bridgehead atoms. The van der Waals surface area contributed by atoms with Crippen molar-refractivity contribution in [3.05, 3.63) is 52.0 Å². The first-order valence-corrected chi connectivity index (χ1v) is 6.77. The Labute approximate surface area is 105 Å². The van der Waals surface area contributed by atoms with Gasteiger partial charge < -0.3 is 0 Å². The summed E-state index contributed by atoms with van der Waals surface area (Å²) in [5, 5.41) is 1.79. The highest BCUT2D eigenvalue weighted by Crippen LogP contribution is 2.12. The minimum Gasteiger partial charge on any atom is -0.287 e. The number of thiazole rings is 1.